The first kappa shape index (κ1) is 43.5. The van der Waals surface area contributed by atoms with Crippen molar-refractivity contribution in [2.24, 2.45) is 16.5 Å². The third kappa shape index (κ3) is 13.8. The predicted molar refractivity (Wildman–Crippen MR) is 214 cm³/mol. The summed E-state index contributed by atoms with van der Waals surface area (Å²) in [6.07, 6.45) is 7.36. The number of aromatic amines is 2. The normalized spacial score (nSPS) is 13.2. The summed E-state index contributed by atoms with van der Waals surface area (Å²) in [5.41, 5.74) is 13.7. The van der Waals surface area contributed by atoms with E-state index in [1.165, 1.54) is 12.5 Å². The number of H-pyrrole nitrogens is 2. The first-order valence-corrected chi connectivity index (χ1v) is 18.7. The smallest absolute Gasteiger partial charge is 0.243 e. The molecule has 58 heavy (non-hydrogen) atoms. The molecule has 0 fully saturated rings. The van der Waals surface area contributed by atoms with Gasteiger partial charge < -0.3 is 48.0 Å². The lowest BCUT2D eigenvalue weighted by atomic mass is 10.0. The van der Waals surface area contributed by atoms with Crippen LogP contribution < -0.4 is 43.4 Å². The highest BCUT2D eigenvalue weighted by atomic mass is 16.2. The number of nitrogens with two attached hydrogens (primary N) is 2. The predicted octanol–water partition coefficient (Wildman–Crippen LogP) is -0.575. The van der Waals surface area contributed by atoms with Crippen LogP contribution in [0.1, 0.15) is 49.4 Å². The Morgan fingerprint density at radius 2 is 1.47 bits per heavy atom. The topological polar surface area (TPSA) is 307 Å². The second-order valence-corrected chi connectivity index (χ2v) is 13.4. The summed E-state index contributed by atoms with van der Waals surface area (Å²) in [7, 11) is 0. The number of hydrogen-bond acceptors (Lipinski definition) is 9. The SMILES string of the molecule is CCCC(=O)N[C@@H](Cc1cnc[nH]1)C(=O)N[C@H](Cc1ccccc1)C(=O)N[C@@H](CCCN=C(N)NC#N)C(=O)N[C@@H](Cc1c[nH]c2ccccc12)C(=O)NCC(N)=O. The molecule has 0 unspecified atom stereocenters. The van der Waals surface area contributed by atoms with Crippen LogP contribution in [-0.4, -0.2) is 93.6 Å². The molecule has 0 aliphatic carbocycles. The van der Waals surface area contributed by atoms with Gasteiger partial charge in [0.05, 0.1) is 12.9 Å². The van der Waals surface area contributed by atoms with Crippen molar-refractivity contribution in [2.75, 3.05) is 13.1 Å². The van der Waals surface area contributed by atoms with E-state index in [0.717, 1.165) is 10.9 Å². The number of benzene rings is 2. The van der Waals surface area contributed by atoms with Gasteiger partial charge in [0.1, 0.15) is 24.2 Å². The van der Waals surface area contributed by atoms with Gasteiger partial charge in [0.2, 0.25) is 41.4 Å². The summed E-state index contributed by atoms with van der Waals surface area (Å²) in [5, 5.41) is 25.3. The quantitative estimate of drug-likeness (QED) is 0.0159. The Morgan fingerprint density at radius 1 is 0.810 bits per heavy atom. The van der Waals surface area contributed by atoms with Crippen molar-refractivity contribution in [1.82, 2.24) is 46.9 Å². The number of nitrogens with one attached hydrogen (secondary N) is 8. The van der Waals surface area contributed by atoms with Gasteiger partial charge in [-0.1, -0.05) is 55.5 Å². The highest BCUT2D eigenvalue weighted by Gasteiger charge is 2.32. The highest BCUT2D eigenvalue weighted by molar-refractivity contribution is 5.96. The zero-order valence-electron chi connectivity index (χ0n) is 32.0. The number of fused-ring (bicyclic) bond motifs is 1. The van der Waals surface area contributed by atoms with E-state index in [9.17, 15) is 28.8 Å². The molecule has 6 amide bonds. The molecule has 12 N–H and O–H groups in total. The monoisotopic (exact) mass is 795 g/mol. The third-order valence-electron chi connectivity index (χ3n) is 8.94. The molecule has 0 saturated carbocycles. The number of nitriles is 1. The first-order valence-electron chi connectivity index (χ1n) is 18.7. The third-order valence-corrected chi connectivity index (χ3v) is 8.94. The van der Waals surface area contributed by atoms with Gasteiger partial charge in [-0.25, -0.2) is 4.98 Å². The maximum Gasteiger partial charge on any atom is 0.243 e. The van der Waals surface area contributed by atoms with Crippen molar-refractivity contribution >= 4 is 52.3 Å². The van der Waals surface area contributed by atoms with Gasteiger partial charge in [0, 0.05) is 61.2 Å². The van der Waals surface area contributed by atoms with E-state index in [1.54, 1.807) is 42.7 Å². The molecule has 0 aliphatic heterocycles. The molecule has 0 bridgehead atoms. The number of imidazole rings is 1. The Labute approximate surface area is 334 Å². The number of carbonyl (C=O) groups is 6. The fourth-order valence-electron chi connectivity index (χ4n) is 6.08. The minimum Gasteiger partial charge on any atom is -0.369 e. The van der Waals surface area contributed by atoms with E-state index in [2.05, 4.69) is 51.8 Å². The molecule has 2 aromatic heterocycles. The number of aromatic nitrogens is 3. The average molecular weight is 796 g/mol. The van der Waals surface area contributed by atoms with Crippen LogP contribution in [-0.2, 0) is 48.0 Å². The second-order valence-electron chi connectivity index (χ2n) is 13.4. The average Bonchev–Trinajstić information content (AvgIpc) is 3.88. The molecule has 2 heterocycles. The zero-order valence-corrected chi connectivity index (χ0v) is 32.0. The number of rotatable bonds is 22. The Balaban J connectivity index is 1.62. The fraction of sp³-hybridized carbons (Fsp3) is 0.359. The van der Waals surface area contributed by atoms with E-state index >= 15 is 0 Å². The minimum atomic E-state index is -1.28. The molecule has 306 valence electrons. The molecular weight excluding hydrogens is 747 g/mol. The van der Waals surface area contributed by atoms with E-state index in [-0.39, 0.29) is 56.9 Å². The number of primary amides is 1. The molecule has 19 nitrogen and oxygen atoms in total. The van der Waals surface area contributed by atoms with Crippen molar-refractivity contribution in [3.8, 4) is 6.19 Å². The lowest BCUT2D eigenvalue weighted by Crippen LogP contribution is -2.59. The molecule has 0 saturated heterocycles. The maximum atomic E-state index is 14.3. The molecule has 0 aliphatic rings. The number of guanidine groups is 1. The van der Waals surface area contributed by atoms with E-state index in [1.807, 2.05) is 31.2 Å². The van der Waals surface area contributed by atoms with Crippen LogP contribution in [0.25, 0.3) is 10.9 Å². The molecular formula is C39H49N13O6. The van der Waals surface area contributed by atoms with Gasteiger partial charge in [-0.05, 0) is 36.5 Å². The van der Waals surface area contributed by atoms with Crippen molar-refractivity contribution in [3.63, 3.8) is 0 Å². The summed E-state index contributed by atoms with van der Waals surface area (Å²) in [4.78, 5) is 94.1. The van der Waals surface area contributed by atoms with Crippen LogP contribution in [0.15, 0.2) is 78.3 Å². The maximum absolute atomic E-state index is 14.3. The zero-order chi connectivity index (χ0) is 41.9. The number of hydrogen-bond donors (Lipinski definition) is 10. The number of nitrogens with zero attached hydrogens (tertiary/aromatic N) is 3. The minimum absolute atomic E-state index is 0.00878. The molecule has 4 aromatic rings. The Kier molecular flexibility index (Phi) is 16.8. The number of aliphatic imine (C=N–C) groups is 1. The van der Waals surface area contributed by atoms with Crippen LogP contribution in [0.2, 0.25) is 0 Å². The van der Waals surface area contributed by atoms with Crippen molar-refractivity contribution in [3.05, 3.63) is 90.1 Å². The summed E-state index contributed by atoms with van der Waals surface area (Å²) in [6.45, 7) is 1.42. The summed E-state index contributed by atoms with van der Waals surface area (Å²) in [5.74, 6) is -4.08. The lowest BCUT2D eigenvalue weighted by molar-refractivity contribution is -0.134. The Hall–Kier alpha value is -7.23. The molecule has 0 radical (unpaired) electrons. The van der Waals surface area contributed by atoms with Crippen LogP contribution >= 0.6 is 0 Å². The largest absolute Gasteiger partial charge is 0.369 e. The Morgan fingerprint density at radius 3 is 2.14 bits per heavy atom. The fourth-order valence-corrected chi connectivity index (χ4v) is 6.08. The van der Waals surface area contributed by atoms with Gasteiger partial charge >= 0.3 is 0 Å². The lowest BCUT2D eigenvalue weighted by Gasteiger charge is -2.26. The van der Waals surface area contributed by atoms with Gasteiger partial charge in [0.15, 0.2) is 6.19 Å². The summed E-state index contributed by atoms with van der Waals surface area (Å²) < 4.78 is 0. The van der Waals surface area contributed by atoms with Gasteiger partial charge in [-0.3, -0.25) is 39.1 Å². The van der Waals surface area contributed by atoms with E-state index < -0.39 is 60.2 Å². The van der Waals surface area contributed by atoms with E-state index in [0.29, 0.717) is 23.2 Å². The molecule has 19 heteroatoms. The number of carbonyl (C=O) groups excluding carboxylic acids is 6. The van der Waals surface area contributed by atoms with E-state index in [4.69, 9.17) is 16.7 Å². The standard InChI is InChI=1S/C39H49N13O6/c1-2-9-34(54)49-32(18-26-20-43-23-48-26)38(58)51-30(16-24-10-4-3-5-11-24)37(57)50-29(14-8-15-44-39(42)47-22-40)36(56)52-31(35(55)46-21-33(41)53)17-25-19-45-28-13-7-6-12-27(25)28/h3-7,10-13,19-20,23,29-32,45H,2,8-9,14-18,21H2,1H3,(H2,41,53)(H,43,48)(H,46,55)(H,49,54)(H,50,57)(H,51,58)(H,52,56)(H3,42,44,47)/t29-,30+,31-,32-/m0/s1. The van der Waals surface area contributed by atoms with Gasteiger partial charge in [0.25, 0.3) is 0 Å². The van der Waals surface area contributed by atoms with Crippen LogP contribution in [0.4, 0.5) is 0 Å². The molecule has 0 spiro atoms. The van der Waals surface area contributed by atoms with Crippen LogP contribution in [0.5, 0.6) is 0 Å². The Bertz CT molecular complexity index is 2080. The van der Waals surface area contributed by atoms with Crippen molar-refractivity contribution in [1.29, 1.82) is 5.26 Å². The van der Waals surface area contributed by atoms with Crippen molar-refractivity contribution < 1.29 is 28.8 Å². The van der Waals surface area contributed by atoms with Crippen LogP contribution in [0.3, 0.4) is 0 Å². The molecule has 2 aromatic carbocycles. The molecule has 4 atom stereocenters. The van der Waals surface area contributed by atoms with Gasteiger partial charge in [-0.2, -0.15) is 5.26 Å². The van der Waals surface area contributed by atoms with Gasteiger partial charge in [-0.15, -0.1) is 0 Å². The second kappa shape index (κ2) is 22.4. The first-order chi connectivity index (χ1) is 28.0. The molecule has 4 rings (SSSR count). The number of amides is 6. The van der Waals surface area contributed by atoms with Crippen LogP contribution in [0, 0.1) is 11.5 Å². The summed E-state index contributed by atoms with van der Waals surface area (Å²) >= 11 is 0. The van der Waals surface area contributed by atoms with Crippen molar-refractivity contribution in [2.45, 2.75) is 76.0 Å². The number of para-hydroxylation sites is 1. The highest BCUT2D eigenvalue weighted by Crippen LogP contribution is 2.19. The summed E-state index contributed by atoms with van der Waals surface area (Å²) in [6, 6.07) is 11.5.